The monoisotopic (exact) mass is 286 g/mol. The zero-order valence-electron chi connectivity index (χ0n) is 11.9. The van der Waals surface area contributed by atoms with Gasteiger partial charge in [0.25, 0.3) is 0 Å². The van der Waals surface area contributed by atoms with Crippen molar-refractivity contribution in [3.63, 3.8) is 0 Å². The van der Waals surface area contributed by atoms with Crippen LogP contribution in [0.2, 0.25) is 0 Å². The summed E-state index contributed by atoms with van der Waals surface area (Å²) < 4.78 is 0. The van der Waals surface area contributed by atoms with Crippen molar-refractivity contribution in [3.05, 3.63) is 0 Å². The van der Waals surface area contributed by atoms with Crippen LogP contribution in [0.25, 0.3) is 0 Å². The average molecular weight is 286 g/mol. The van der Waals surface area contributed by atoms with Crippen LogP contribution in [-0.2, 0) is 24.0 Å². The van der Waals surface area contributed by atoms with E-state index >= 15 is 0 Å². The molecule has 0 aromatic heterocycles. The average Bonchev–Trinajstić information content (AvgIpc) is 2.19. The van der Waals surface area contributed by atoms with E-state index in [1.807, 2.05) is 41.5 Å². The van der Waals surface area contributed by atoms with Gasteiger partial charge in [-0.1, -0.05) is 59.3 Å². The van der Waals surface area contributed by atoms with Crippen molar-refractivity contribution in [1.29, 1.82) is 0 Å². The van der Waals surface area contributed by atoms with E-state index in [1.54, 1.807) is 0 Å². The van der Waals surface area contributed by atoms with Gasteiger partial charge >= 0.3 is 18.6 Å². The fraction of sp³-hybridized carbons (Fsp3) is 1.00. The van der Waals surface area contributed by atoms with Crippen molar-refractivity contribution in [2.24, 2.45) is 17.8 Å². The predicted octanol–water partition coefficient (Wildman–Crippen LogP) is -0.113. The van der Waals surface area contributed by atoms with Crippen molar-refractivity contribution in [1.82, 2.24) is 0 Å². The first-order valence-corrected chi connectivity index (χ1v) is 5.55. The van der Waals surface area contributed by atoms with E-state index in [-0.39, 0.29) is 43.9 Å². The van der Waals surface area contributed by atoms with Gasteiger partial charge in [0.2, 0.25) is 0 Å². The Bertz CT molecular complexity index is 79.5. The summed E-state index contributed by atoms with van der Waals surface area (Å²) in [7, 11) is 0. The molecule has 0 aliphatic carbocycles. The van der Waals surface area contributed by atoms with E-state index in [0.29, 0.717) is 17.8 Å². The first-order valence-electron chi connectivity index (χ1n) is 5.55. The molecule has 0 heterocycles. The van der Waals surface area contributed by atoms with Crippen molar-refractivity contribution in [2.45, 2.75) is 41.5 Å². The molecule has 4 nitrogen and oxygen atoms in total. The molecule has 0 unspecified atom stereocenters. The molecule has 0 amide bonds. The van der Waals surface area contributed by atoms with Crippen LogP contribution in [-0.4, -0.2) is 19.8 Å². The Morgan fingerprint density at radius 2 is 0.647 bits per heavy atom. The molecule has 0 spiro atoms. The Morgan fingerprint density at radius 3 is 0.647 bits per heavy atom. The normalized spacial score (nSPS) is 8.47. The molecule has 0 aliphatic rings. The summed E-state index contributed by atoms with van der Waals surface area (Å²) in [4.78, 5) is 0. The minimum Gasteiger partial charge on any atom is -2.00 e. The summed E-state index contributed by atoms with van der Waals surface area (Å²) in [6.45, 7) is 11.6. The second kappa shape index (κ2) is 25.3. The van der Waals surface area contributed by atoms with Gasteiger partial charge < -0.3 is 20.8 Å². The summed E-state index contributed by atoms with van der Waals surface area (Å²) in [6, 6.07) is 0. The summed E-state index contributed by atoms with van der Waals surface area (Å²) in [6.07, 6.45) is 0. The molecule has 0 aliphatic heterocycles. The fourth-order valence-electron chi connectivity index (χ4n) is 0. The maximum atomic E-state index is 9.63. The fourth-order valence-corrected chi connectivity index (χ4v) is 0. The third kappa shape index (κ3) is 82.8. The van der Waals surface area contributed by atoms with Gasteiger partial charge in [0.15, 0.2) is 0 Å². The van der Waals surface area contributed by atoms with Gasteiger partial charge in [-0.2, -0.15) is 0 Å². The molecule has 0 rings (SSSR count). The van der Waals surface area contributed by atoms with Crippen molar-refractivity contribution in [3.8, 4) is 0 Å². The molecule has 0 aromatic rings. The Morgan fingerprint density at radius 1 is 0.588 bits per heavy atom. The quantitative estimate of drug-likeness (QED) is 0.723. The second-order valence-corrected chi connectivity index (χ2v) is 4.68. The summed E-state index contributed by atoms with van der Waals surface area (Å²) in [5, 5.41) is 28.9. The largest absolute Gasteiger partial charge is 5.00 e. The van der Waals surface area contributed by atoms with Crippen LogP contribution in [0.5, 0.6) is 0 Å². The van der Waals surface area contributed by atoms with Crippen molar-refractivity contribution >= 4 is 0 Å². The third-order valence-corrected chi connectivity index (χ3v) is 1.00. The van der Waals surface area contributed by atoms with E-state index in [0.717, 1.165) is 0 Å². The van der Waals surface area contributed by atoms with Gasteiger partial charge in [0, 0.05) is 0 Å². The van der Waals surface area contributed by atoms with Gasteiger partial charge in [-0.3, -0.25) is 0 Å². The van der Waals surface area contributed by atoms with Gasteiger partial charge in [0.05, 0.1) is 0 Å². The standard InChI is InChI=1S/3C4H9O.O.V/c3*1-4(2)3-5;;/h3*4H,3H2,1-2H3;;/q3*-1;-2;+5. The van der Waals surface area contributed by atoms with E-state index in [1.165, 1.54) is 0 Å². The Balaban J connectivity index is -0.0000000400. The Kier molecular flexibility index (Phi) is 45.3. The van der Waals surface area contributed by atoms with Crippen LogP contribution in [0, 0.1) is 17.8 Å². The molecule has 17 heavy (non-hydrogen) atoms. The molecule has 0 saturated heterocycles. The molecular weight excluding hydrogens is 259 g/mol. The molecule has 0 aromatic carbocycles. The van der Waals surface area contributed by atoms with Crippen molar-refractivity contribution < 1.29 is 39.4 Å². The summed E-state index contributed by atoms with van der Waals surface area (Å²) in [5.74, 6) is 0.986. The molecule has 0 atom stereocenters. The summed E-state index contributed by atoms with van der Waals surface area (Å²) >= 11 is 0. The Hall–Kier alpha value is 0.424. The maximum absolute atomic E-state index is 9.63. The molecule has 104 valence electrons. The first-order chi connectivity index (χ1) is 6.81. The van der Waals surface area contributed by atoms with Gasteiger partial charge in [-0.15, -0.1) is 19.8 Å². The number of rotatable bonds is 3. The topological polar surface area (TPSA) is 97.7 Å². The predicted molar refractivity (Wildman–Crippen MR) is 59.8 cm³/mol. The van der Waals surface area contributed by atoms with Crippen LogP contribution < -0.4 is 15.3 Å². The second-order valence-electron chi connectivity index (χ2n) is 4.68. The third-order valence-electron chi connectivity index (χ3n) is 1.00. The molecule has 0 radical (unpaired) electrons. The SMILES string of the molecule is CC(C)C[O-].CC(C)C[O-].CC(C)C[O-].[O-2].[V+5]. The van der Waals surface area contributed by atoms with E-state index in [2.05, 4.69) is 0 Å². The van der Waals surface area contributed by atoms with E-state index < -0.39 is 0 Å². The van der Waals surface area contributed by atoms with Crippen LogP contribution in [0.15, 0.2) is 0 Å². The molecule has 0 N–H and O–H groups in total. The van der Waals surface area contributed by atoms with E-state index in [4.69, 9.17) is 0 Å². The molecule has 0 fully saturated rings. The van der Waals surface area contributed by atoms with Crippen LogP contribution in [0.1, 0.15) is 41.5 Å². The van der Waals surface area contributed by atoms with Crippen molar-refractivity contribution in [2.75, 3.05) is 19.8 Å². The van der Waals surface area contributed by atoms with Gasteiger partial charge in [-0.25, -0.2) is 0 Å². The van der Waals surface area contributed by atoms with E-state index in [9.17, 15) is 15.3 Å². The van der Waals surface area contributed by atoms with Crippen LogP contribution in [0.4, 0.5) is 0 Å². The first kappa shape index (κ1) is 30.4. The van der Waals surface area contributed by atoms with Gasteiger partial charge in [-0.05, 0) is 0 Å². The minimum atomic E-state index is 0. The number of hydrogen-bond acceptors (Lipinski definition) is 3. The zero-order chi connectivity index (χ0) is 12.9. The Labute approximate surface area is 119 Å². The molecule has 0 bridgehead atoms. The smallest absolute Gasteiger partial charge is 2.00 e. The maximum Gasteiger partial charge on any atom is 5.00 e. The minimum absolute atomic E-state index is 0. The summed E-state index contributed by atoms with van der Waals surface area (Å²) in [5.41, 5.74) is 0. The van der Waals surface area contributed by atoms with Crippen LogP contribution in [0.3, 0.4) is 0 Å². The molecule has 0 saturated carbocycles. The number of hydrogen-bond donors (Lipinski definition) is 0. The van der Waals surface area contributed by atoms with Crippen LogP contribution >= 0.6 is 0 Å². The zero-order valence-corrected chi connectivity index (χ0v) is 13.3. The molecular formula is C12H27O4V. The molecule has 5 heteroatoms. The van der Waals surface area contributed by atoms with Gasteiger partial charge in [0.1, 0.15) is 0 Å².